The van der Waals surface area contributed by atoms with Crippen LogP contribution >= 0.6 is 0 Å². The number of carbonyl (C=O) groups excluding carboxylic acids is 1. The van der Waals surface area contributed by atoms with Crippen molar-refractivity contribution < 1.29 is 14.6 Å². The maximum absolute atomic E-state index is 11.5. The minimum atomic E-state index is 0.0571. The van der Waals surface area contributed by atoms with Crippen LogP contribution in [-0.4, -0.2) is 62.4 Å². The Morgan fingerprint density at radius 3 is 3.12 bits per heavy atom. The molecular weight excluding hydrogens is 208 g/mol. The number of aliphatic hydroxyl groups excluding tert-OH is 1. The Kier molecular flexibility index (Phi) is 6.37. The molecule has 1 fully saturated rings. The van der Waals surface area contributed by atoms with E-state index in [1.54, 1.807) is 7.11 Å². The standard InChI is InChI=1S/C11H22N2O3/c1-16-7-4-12-11(15)9-13-5-2-10(8-13)3-6-14/h10,14H,2-9H2,1H3,(H,12,15). The molecule has 1 amide bonds. The molecule has 0 spiro atoms. The Morgan fingerprint density at radius 1 is 1.62 bits per heavy atom. The van der Waals surface area contributed by atoms with E-state index in [0.717, 1.165) is 25.9 Å². The summed E-state index contributed by atoms with van der Waals surface area (Å²) in [7, 11) is 1.62. The summed E-state index contributed by atoms with van der Waals surface area (Å²) in [5, 5.41) is 11.6. The molecule has 0 aromatic carbocycles. The van der Waals surface area contributed by atoms with Gasteiger partial charge in [-0.2, -0.15) is 0 Å². The lowest BCUT2D eigenvalue weighted by Gasteiger charge is -2.15. The Morgan fingerprint density at radius 2 is 2.44 bits per heavy atom. The van der Waals surface area contributed by atoms with E-state index in [-0.39, 0.29) is 12.5 Å². The number of nitrogens with one attached hydrogen (secondary N) is 1. The van der Waals surface area contributed by atoms with Gasteiger partial charge in [-0.05, 0) is 25.3 Å². The van der Waals surface area contributed by atoms with Gasteiger partial charge in [-0.1, -0.05) is 0 Å². The van der Waals surface area contributed by atoms with Gasteiger partial charge in [0.25, 0.3) is 0 Å². The fourth-order valence-electron chi connectivity index (χ4n) is 2.03. The van der Waals surface area contributed by atoms with Crippen molar-refractivity contribution in [3.63, 3.8) is 0 Å². The van der Waals surface area contributed by atoms with Gasteiger partial charge >= 0.3 is 0 Å². The number of rotatable bonds is 7. The number of nitrogens with zero attached hydrogens (tertiary/aromatic N) is 1. The number of hydrogen-bond donors (Lipinski definition) is 2. The molecule has 1 atom stereocenters. The van der Waals surface area contributed by atoms with Crippen LogP contribution in [0, 0.1) is 5.92 Å². The van der Waals surface area contributed by atoms with Gasteiger partial charge in [0, 0.05) is 26.8 Å². The van der Waals surface area contributed by atoms with Gasteiger partial charge in [0.05, 0.1) is 13.2 Å². The fraction of sp³-hybridized carbons (Fsp3) is 0.909. The highest BCUT2D eigenvalue weighted by atomic mass is 16.5. The number of amides is 1. The monoisotopic (exact) mass is 230 g/mol. The zero-order valence-corrected chi connectivity index (χ0v) is 9.95. The van der Waals surface area contributed by atoms with E-state index in [9.17, 15) is 4.79 Å². The Balaban J connectivity index is 2.11. The summed E-state index contributed by atoms with van der Waals surface area (Å²) < 4.78 is 4.86. The van der Waals surface area contributed by atoms with Crippen molar-refractivity contribution in [3.05, 3.63) is 0 Å². The highest BCUT2D eigenvalue weighted by Crippen LogP contribution is 2.18. The first kappa shape index (κ1) is 13.4. The molecule has 0 aromatic rings. The average molecular weight is 230 g/mol. The van der Waals surface area contributed by atoms with Crippen LogP contribution in [0.15, 0.2) is 0 Å². The lowest BCUT2D eigenvalue weighted by Crippen LogP contribution is -2.37. The van der Waals surface area contributed by atoms with E-state index in [2.05, 4.69) is 10.2 Å². The minimum absolute atomic E-state index is 0.0571. The van der Waals surface area contributed by atoms with Gasteiger partial charge < -0.3 is 15.2 Å². The zero-order valence-electron chi connectivity index (χ0n) is 9.95. The van der Waals surface area contributed by atoms with Crippen LogP contribution in [0.5, 0.6) is 0 Å². The van der Waals surface area contributed by atoms with Crippen LogP contribution in [0.3, 0.4) is 0 Å². The summed E-state index contributed by atoms with van der Waals surface area (Å²) in [6, 6.07) is 0. The second-order valence-electron chi connectivity index (χ2n) is 4.24. The van der Waals surface area contributed by atoms with Gasteiger partial charge in [-0.3, -0.25) is 9.69 Å². The molecule has 1 rings (SSSR count). The van der Waals surface area contributed by atoms with Crippen molar-refractivity contribution in [2.75, 3.05) is 46.5 Å². The van der Waals surface area contributed by atoms with Crippen LogP contribution in [0.25, 0.3) is 0 Å². The largest absolute Gasteiger partial charge is 0.396 e. The molecule has 5 nitrogen and oxygen atoms in total. The second-order valence-corrected chi connectivity index (χ2v) is 4.24. The zero-order chi connectivity index (χ0) is 11.8. The average Bonchev–Trinajstić information content (AvgIpc) is 2.66. The van der Waals surface area contributed by atoms with Gasteiger partial charge in [0.15, 0.2) is 0 Å². The Bertz CT molecular complexity index is 211. The maximum Gasteiger partial charge on any atom is 0.234 e. The first-order valence-corrected chi connectivity index (χ1v) is 5.85. The number of ether oxygens (including phenoxy) is 1. The third-order valence-corrected chi connectivity index (χ3v) is 2.90. The molecule has 0 radical (unpaired) electrons. The van der Waals surface area contributed by atoms with E-state index in [1.807, 2.05) is 0 Å². The molecule has 1 saturated heterocycles. The molecule has 94 valence electrons. The molecule has 2 N–H and O–H groups in total. The van der Waals surface area contributed by atoms with Crippen molar-refractivity contribution in [1.29, 1.82) is 0 Å². The summed E-state index contributed by atoms with van der Waals surface area (Å²) in [6.45, 7) is 3.73. The van der Waals surface area contributed by atoms with Gasteiger partial charge in [0.2, 0.25) is 5.91 Å². The van der Waals surface area contributed by atoms with E-state index >= 15 is 0 Å². The Labute approximate surface area is 96.8 Å². The normalized spacial score (nSPS) is 21.2. The lowest BCUT2D eigenvalue weighted by atomic mass is 10.1. The third kappa shape index (κ3) is 4.92. The van der Waals surface area contributed by atoms with Crippen molar-refractivity contribution in [3.8, 4) is 0 Å². The van der Waals surface area contributed by atoms with Crippen molar-refractivity contribution in [2.24, 2.45) is 5.92 Å². The molecule has 1 unspecified atom stereocenters. The smallest absolute Gasteiger partial charge is 0.234 e. The molecule has 0 bridgehead atoms. The Hall–Kier alpha value is -0.650. The van der Waals surface area contributed by atoms with Crippen LogP contribution in [-0.2, 0) is 9.53 Å². The minimum Gasteiger partial charge on any atom is -0.396 e. The maximum atomic E-state index is 11.5. The highest BCUT2D eigenvalue weighted by molar-refractivity contribution is 5.78. The van der Waals surface area contributed by atoms with Gasteiger partial charge in [0.1, 0.15) is 0 Å². The second kappa shape index (κ2) is 7.60. The number of carbonyl (C=O) groups is 1. The SMILES string of the molecule is COCCNC(=O)CN1CCC(CCO)C1. The van der Waals surface area contributed by atoms with Crippen LogP contribution in [0.4, 0.5) is 0 Å². The number of methoxy groups -OCH3 is 1. The first-order valence-electron chi connectivity index (χ1n) is 5.85. The van der Waals surface area contributed by atoms with Crippen molar-refractivity contribution in [2.45, 2.75) is 12.8 Å². The lowest BCUT2D eigenvalue weighted by molar-refractivity contribution is -0.122. The fourth-order valence-corrected chi connectivity index (χ4v) is 2.03. The van der Waals surface area contributed by atoms with E-state index in [0.29, 0.717) is 25.6 Å². The summed E-state index contributed by atoms with van der Waals surface area (Å²) in [4.78, 5) is 13.6. The quantitative estimate of drug-likeness (QED) is 0.576. The van der Waals surface area contributed by atoms with Crippen LogP contribution < -0.4 is 5.32 Å². The summed E-state index contributed by atoms with van der Waals surface area (Å²) >= 11 is 0. The summed E-state index contributed by atoms with van der Waals surface area (Å²) in [5.74, 6) is 0.610. The summed E-state index contributed by atoms with van der Waals surface area (Å²) in [6.07, 6.45) is 1.94. The predicted molar refractivity (Wildman–Crippen MR) is 61.1 cm³/mol. The molecule has 1 aliphatic rings. The van der Waals surface area contributed by atoms with Gasteiger partial charge in [-0.15, -0.1) is 0 Å². The predicted octanol–water partition coefficient (Wildman–Crippen LogP) is -0.547. The van der Waals surface area contributed by atoms with Crippen molar-refractivity contribution >= 4 is 5.91 Å². The topological polar surface area (TPSA) is 61.8 Å². The van der Waals surface area contributed by atoms with Crippen molar-refractivity contribution in [1.82, 2.24) is 10.2 Å². The summed E-state index contributed by atoms with van der Waals surface area (Å²) in [5.41, 5.74) is 0. The third-order valence-electron chi connectivity index (χ3n) is 2.90. The molecule has 1 aliphatic heterocycles. The molecule has 0 aromatic heterocycles. The highest BCUT2D eigenvalue weighted by Gasteiger charge is 2.23. The van der Waals surface area contributed by atoms with Crippen LogP contribution in [0.2, 0.25) is 0 Å². The van der Waals surface area contributed by atoms with E-state index < -0.39 is 0 Å². The first-order chi connectivity index (χ1) is 7.76. The van der Waals surface area contributed by atoms with Gasteiger partial charge in [-0.25, -0.2) is 0 Å². The molecule has 0 saturated carbocycles. The number of hydrogen-bond acceptors (Lipinski definition) is 4. The number of likely N-dealkylation sites (tertiary alicyclic amines) is 1. The van der Waals surface area contributed by atoms with E-state index in [1.165, 1.54) is 0 Å². The van der Waals surface area contributed by atoms with Crippen LogP contribution in [0.1, 0.15) is 12.8 Å². The van der Waals surface area contributed by atoms with E-state index in [4.69, 9.17) is 9.84 Å². The molecule has 16 heavy (non-hydrogen) atoms. The molecule has 1 heterocycles. The number of aliphatic hydroxyl groups is 1. The molecule has 0 aliphatic carbocycles. The molecular formula is C11H22N2O3. The molecule has 5 heteroatoms.